The van der Waals surface area contributed by atoms with Gasteiger partial charge in [0, 0.05) is 45.0 Å². The lowest BCUT2D eigenvalue weighted by atomic mass is 9.61. The molecule has 0 bridgehead atoms. The van der Waals surface area contributed by atoms with E-state index in [0.717, 1.165) is 45.0 Å². The molecule has 30 heavy (non-hydrogen) atoms. The van der Waals surface area contributed by atoms with Crippen LogP contribution in [-0.2, 0) is 21.0 Å². The molecule has 2 N–H and O–H groups in total. The predicted octanol–water partition coefficient (Wildman–Crippen LogP) is 5.95. The van der Waals surface area contributed by atoms with E-state index in [4.69, 9.17) is 9.78 Å². The minimum Gasteiger partial charge on any atom is -0.355 e. The van der Waals surface area contributed by atoms with Crippen molar-refractivity contribution in [1.29, 1.82) is 0 Å². The first-order chi connectivity index (χ1) is 14.8. The van der Waals surface area contributed by atoms with Gasteiger partial charge in [-0.1, -0.05) is 72.8 Å². The molecule has 4 nitrogen and oxygen atoms in total. The van der Waals surface area contributed by atoms with Crippen LogP contribution in [0.2, 0.25) is 0 Å². The summed E-state index contributed by atoms with van der Waals surface area (Å²) in [6.45, 7) is 0. The van der Waals surface area contributed by atoms with E-state index in [2.05, 4.69) is 83.4 Å². The molecular weight excluding hydrogens is 372 g/mol. The summed E-state index contributed by atoms with van der Waals surface area (Å²) in [7, 11) is 0. The molecule has 1 saturated heterocycles. The fraction of sp³-hybridized carbons (Fsp3) is 0.0769. The highest BCUT2D eigenvalue weighted by atomic mass is 17.3. The predicted molar refractivity (Wildman–Crippen MR) is 116 cm³/mol. The van der Waals surface area contributed by atoms with Crippen LogP contribution in [0.25, 0.3) is 0 Å². The van der Waals surface area contributed by atoms with E-state index >= 15 is 0 Å². The van der Waals surface area contributed by atoms with E-state index in [9.17, 15) is 0 Å². The van der Waals surface area contributed by atoms with Crippen LogP contribution in [0.15, 0.2) is 97.1 Å². The summed E-state index contributed by atoms with van der Waals surface area (Å²) in [5.41, 5.74) is 6.81. The second kappa shape index (κ2) is 5.51. The Morgan fingerprint density at radius 2 is 0.667 bits per heavy atom. The molecular formula is C26H18N2O2. The molecule has 0 aliphatic carbocycles. The molecule has 0 unspecified atom stereocenters. The van der Waals surface area contributed by atoms with Crippen molar-refractivity contribution in [3.8, 4) is 0 Å². The summed E-state index contributed by atoms with van der Waals surface area (Å²) in [6.07, 6.45) is 0. The Kier molecular flexibility index (Phi) is 2.98. The van der Waals surface area contributed by atoms with Crippen LogP contribution in [-0.4, -0.2) is 0 Å². The van der Waals surface area contributed by atoms with Crippen molar-refractivity contribution in [2.45, 2.75) is 11.2 Å². The van der Waals surface area contributed by atoms with E-state index in [1.807, 2.05) is 24.3 Å². The summed E-state index contributed by atoms with van der Waals surface area (Å²) < 4.78 is 0. The average Bonchev–Trinajstić information content (AvgIpc) is 2.80. The van der Waals surface area contributed by atoms with Crippen LogP contribution in [0, 0.1) is 0 Å². The Labute approximate surface area is 174 Å². The molecule has 0 amide bonds. The first-order valence-corrected chi connectivity index (χ1v) is 10.1. The van der Waals surface area contributed by atoms with Crippen LogP contribution in [0.3, 0.4) is 0 Å². The molecule has 4 aromatic rings. The molecule has 0 aromatic heterocycles. The number of benzene rings is 4. The molecule has 144 valence electrons. The molecule has 4 aromatic carbocycles. The fourth-order valence-electron chi connectivity index (χ4n) is 5.32. The van der Waals surface area contributed by atoms with Crippen LogP contribution in [0.1, 0.15) is 22.3 Å². The van der Waals surface area contributed by atoms with E-state index in [1.165, 1.54) is 0 Å². The summed E-state index contributed by atoms with van der Waals surface area (Å²) in [6, 6.07) is 33.4. The van der Waals surface area contributed by atoms with Gasteiger partial charge in [-0.3, -0.25) is 0 Å². The largest absolute Gasteiger partial charge is 0.355 e. The van der Waals surface area contributed by atoms with E-state index < -0.39 is 11.2 Å². The van der Waals surface area contributed by atoms with E-state index in [-0.39, 0.29) is 0 Å². The highest BCUT2D eigenvalue weighted by Crippen LogP contribution is 2.68. The van der Waals surface area contributed by atoms with Gasteiger partial charge in [-0.15, -0.1) is 0 Å². The van der Waals surface area contributed by atoms with Crippen molar-refractivity contribution in [1.82, 2.24) is 0 Å². The minimum absolute atomic E-state index is 0.806. The van der Waals surface area contributed by atoms with E-state index in [0.29, 0.717) is 0 Å². The van der Waals surface area contributed by atoms with Crippen molar-refractivity contribution in [3.63, 3.8) is 0 Å². The lowest BCUT2D eigenvalue weighted by molar-refractivity contribution is -0.546. The Hall–Kier alpha value is -3.60. The van der Waals surface area contributed by atoms with E-state index in [1.54, 1.807) is 0 Å². The second-order valence-electron chi connectivity index (χ2n) is 7.96. The van der Waals surface area contributed by atoms with Gasteiger partial charge in [-0.05, 0) is 24.3 Å². The van der Waals surface area contributed by atoms with Gasteiger partial charge in [0.25, 0.3) is 0 Å². The highest BCUT2D eigenvalue weighted by Gasteiger charge is 2.72. The highest BCUT2D eigenvalue weighted by molar-refractivity contribution is 5.82. The van der Waals surface area contributed by atoms with Gasteiger partial charge in [0.2, 0.25) is 0 Å². The van der Waals surface area contributed by atoms with Gasteiger partial charge in [-0.2, -0.15) is 0 Å². The fourth-order valence-corrected chi connectivity index (χ4v) is 5.32. The van der Waals surface area contributed by atoms with Crippen LogP contribution < -0.4 is 10.6 Å². The number of anilines is 4. The topological polar surface area (TPSA) is 42.5 Å². The maximum atomic E-state index is 6.25. The van der Waals surface area contributed by atoms with Gasteiger partial charge < -0.3 is 10.6 Å². The molecule has 2 spiro atoms. The zero-order valence-corrected chi connectivity index (χ0v) is 16.1. The quantitative estimate of drug-likeness (QED) is 0.364. The lowest BCUT2D eigenvalue weighted by Crippen LogP contribution is -2.65. The number of hydrogen-bond acceptors (Lipinski definition) is 4. The van der Waals surface area contributed by atoms with Crippen molar-refractivity contribution < 1.29 is 9.78 Å². The molecule has 7 rings (SSSR count). The smallest absolute Gasteiger partial charge is 0.198 e. The van der Waals surface area contributed by atoms with Crippen LogP contribution in [0.5, 0.6) is 0 Å². The molecule has 3 aliphatic rings. The summed E-state index contributed by atoms with van der Waals surface area (Å²) in [5.74, 6) is 0. The Morgan fingerprint density at radius 1 is 0.400 bits per heavy atom. The molecule has 0 atom stereocenters. The monoisotopic (exact) mass is 390 g/mol. The van der Waals surface area contributed by atoms with Gasteiger partial charge in [0.05, 0.1) is 0 Å². The van der Waals surface area contributed by atoms with Gasteiger partial charge in [0.1, 0.15) is 0 Å². The zero-order valence-electron chi connectivity index (χ0n) is 16.1. The Morgan fingerprint density at radius 3 is 0.933 bits per heavy atom. The standard InChI is InChI=1S/C26H18N2O2/c1-5-13-21-17(9-1)25(18-10-2-6-14-22(18)27-21)26(30-29-25)19-11-3-7-15-23(19)28-24-16-8-4-12-20(24)26/h1-16,27-28H. The van der Waals surface area contributed by atoms with Crippen LogP contribution >= 0.6 is 0 Å². The molecule has 3 aliphatic heterocycles. The first-order valence-electron chi connectivity index (χ1n) is 10.1. The minimum atomic E-state index is -0.806. The SMILES string of the molecule is c1ccc2c(c1)Nc1ccccc1C21OOC12c1ccccc1Nc1ccccc12. The molecule has 0 saturated carbocycles. The second-order valence-corrected chi connectivity index (χ2v) is 7.96. The maximum absolute atomic E-state index is 6.25. The van der Waals surface area contributed by atoms with Crippen LogP contribution in [0.4, 0.5) is 22.7 Å². The number of rotatable bonds is 0. The summed E-state index contributed by atoms with van der Waals surface area (Å²) >= 11 is 0. The lowest BCUT2D eigenvalue weighted by Gasteiger charge is -2.60. The molecule has 1 fully saturated rings. The third-order valence-corrected chi connectivity index (χ3v) is 6.55. The number of hydrogen-bond donors (Lipinski definition) is 2. The maximum Gasteiger partial charge on any atom is 0.198 e. The normalized spacial score (nSPS) is 18.1. The molecule has 4 heteroatoms. The van der Waals surface area contributed by atoms with Crippen molar-refractivity contribution >= 4 is 22.7 Å². The van der Waals surface area contributed by atoms with Gasteiger partial charge in [-0.25, -0.2) is 9.78 Å². The third kappa shape index (κ3) is 1.71. The summed E-state index contributed by atoms with van der Waals surface area (Å²) in [4.78, 5) is 12.5. The van der Waals surface area contributed by atoms with Crippen molar-refractivity contribution in [3.05, 3.63) is 119 Å². The third-order valence-electron chi connectivity index (χ3n) is 6.55. The molecule has 0 radical (unpaired) electrons. The number of nitrogens with one attached hydrogen (secondary N) is 2. The Bertz CT molecular complexity index is 1140. The summed E-state index contributed by atoms with van der Waals surface area (Å²) in [5, 5.41) is 7.17. The van der Waals surface area contributed by atoms with Crippen molar-refractivity contribution in [2.24, 2.45) is 0 Å². The van der Waals surface area contributed by atoms with Gasteiger partial charge in [0.15, 0.2) is 11.2 Å². The van der Waals surface area contributed by atoms with Crippen molar-refractivity contribution in [2.75, 3.05) is 10.6 Å². The number of para-hydroxylation sites is 4. The Balaban J connectivity index is 1.64. The first kappa shape index (κ1) is 16.2. The molecule has 3 heterocycles. The van der Waals surface area contributed by atoms with Gasteiger partial charge >= 0.3 is 0 Å². The average molecular weight is 390 g/mol. The number of fused-ring (bicyclic) bond motifs is 9. The zero-order chi connectivity index (χ0) is 19.8.